The molecular weight excluding hydrogens is 265 g/mol. The van der Waals surface area contributed by atoms with Gasteiger partial charge in [-0.1, -0.05) is 0 Å². The lowest BCUT2D eigenvalue weighted by Gasteiger charge is -2.09. The first-order valence-corrected chi connectivity index (χ1v) is 6.47. The van der Waals surface area contributed by atoms with Crippen LogP contribution in [0.15, 0.2) is 0 Å². The second-order valence-electron chi connectivity index (χ2n) is 2.66. The fourth-order valence-corrected chi connectivity index (χ4v) is 2.58. The largest absolute Gasteiger partial charge is 0.465 e. The van der Waals surface area contributed by atoms with Gasteiger partial charge in [-0.05, 0) is 6.92 Å². The van der Waals surface area contributed by atoms with Crippen LogP contribution in [-0.4, -0.2) is 44.4 Å². The van der Waals surface area contributed by atoms with E-state index in [2.05, 4.69) is 4.74 Å². The zero-order valence-electron chi connectivity index (χ0n) is 8.31. The zero-order valence-corrected chi connectivity index (χ0v) is 10.7. The summed E-state index contributed by atoms with van der Waals surface area (Å²) in [6.45, 7) is 1.81. The van der Waals surface area contributed by atoms with E-state index in [0.717, 1.165) is 0 Å². The zero-order chi connectivity index (χ0) is 11.2. The molecule has 0 saturated carbocycles. The van der Waals surface area contributed by atoms with Crippen molar-refractivity contribution in [3.05, 3.63) is 0 Å². The Balaban J connectivity index is 0. The van der Waals surface area contributed by atoms with Crippen molar-refractivity contribution in [3.63, 3.8) is 0 Å². The maximum absolute atomic E-state index is 11.2. The summed E-state index contributed by atoms with van der Waals surface area (Å²) in [5, 5.41) is 0. The van der Waals surface area contributed by atoms with E-state index < -0.39 is 27.6 Å². The number of sulfone groups is 1. The minimum absolute atomic E-state index is 0. The molecule has 0 saturated heterocycles. The SMILES string of the molecule is CCOC(=O)C(N)CS(=O)(=O)CCCl.Cl. The second-order valence-corrected chi connectivity index (χ2v) is 5.27. The number of carbonyl (C=O) groups excluding carboxylic acids is 1. The van der Waals surface area contributed by atoms with Gasteiger partial charge in [0.25, 0.3) is 0 Å². The molecule has 0 aliphatic rings. The molecule has 0 aromatic heterocycles. The highest BCUT2D eigenvalue weighted by Gasteiger charge is 2.22. The van der Waals surface area contributed by atoms with Crippen molar-refractivity contribution in [2.75, 3.05) is 24.0 Å². The predicted molar refractivity (Wildman–Crippen MR) is 61.2 cm³/mol. The number of carbonyl (C=O) groups is 1. The average molecular weight is 280 g/mol. The highest BCUT2D eigenvalue weighted by molar-refractivity contribution is 7.91. The third-order valence-electron chi connectivity index (χ3n) is 1.41. The molecule has 0 aromatic rings. The van der Waals surface area contributed by atoms with Crippen molar-refractivity contribution >= 4 is 39.8 Å². The van der Waals surface area contributed by atoms with Gasteiger partial charge in [-0.15, -0.1) is 24.0 Å². The summed E-state index contributed by atoms with van der Waals surface area (Å²) in [6, 6.07) is -1.12. The number of halogens is 2. The molecule has 0 amide bonds. The molecule has 0 heterocycles. The minimum atomic E-state index is -3.35. The van der Waals surface area contributed by atoms with Gasteiger partial charge in [0.15, 0.2) is 9.84 Å². The first-order valence-electron chi connectivity index (χ1n) is 4.11. The van der Waals surface area contributed by atoms with Gasteiger partial charge >= 0.3 is 5.97 Å². The van der Waals surface area contributed by atoms with Crippen molar-refractivity contribution in [2.45, 2.75) is 13.0 Å². The molecule has 1 atom stereocenters. The van der Waals surface area contributed by atoms with Gasteiger partial charge in [0.1, 0.15) is 6.04 Å². The lowest BCUT2D eigenvalue weighted by Crippen LogP contribution is -2.39. The van der Waals surface area contributed by atoms with Gasteiger partial charge in [0.2, 0.25) is 0 Å². The fourth-order valence-electron chi connectivity index (χ4n) is 0.792. The summed E-state index contributed by atoms with van der Waals surface area (Å²) in [6.07, 6.45) is 0. The van der Waals surface area contributed by atoms with E-state index in [1.807, 2.05) is 0 Å². The lowest BCUT2D eigenvalue weighted by atomic mass is 10.4. The Morgan fingerprint density at radius 2 is 2.07 bits per heavy atom. The summed E-state index contributed by atoms with van der Waals surface area (Å²) in [5.74, 6) is -1.30. The Bertz CT molecular complexity index is 281. The summed E-state index contributed by atoms with van der Waals surface area (Å²) in [5.41, 5.74) is 5.32. The maximum Gasteiger partial charge on any atom is 0.323 e. The number of hydrogen-bond donors (Lipinski definition) is 1. The molecule has 15 heavy (non-hydrogen) atoms. The molecule has 8 heteroatoms. The molecule has 0 bridgehead atoms. The van der Waals surface area contributed by atoms with E-state index >= 15 is 0 Å². The number of rotatable bonds is 6. The van der Waals surface area contributed by atoms with Crippen molar-refractivity contribution in [2.24, 2.45) is 5.73 Å². The Morgan fingerprint density at radius 1 is 1.53 bits per heavy atom. The van der Waals surface area contributed by atoms with Gasteiger partial charge < -0.3 is 10.5 Å². The summed E-state index contributed by atoms with van der Waals surface area (Å²) >= 11 is 5.27. The lowest BCUT2D eigenvalue weighted by molar-refractivity contribution is -0.144. The fraction of sp³-hybridized carbons (Fsp3) is 0.857. The van der Waals surface area contributed by atoms with Crippen molar-refractivity contribution < 1.29 is 17.9 Å². The van der Waals surface area contributed by atoms with Crippen LogP contribution in [0.4, 0.5) is 0 Å². The molecule has 0 radical (unpaired) electrons. The third-order valence-corrected chi connectivity index (χ3v) is 3.52. The van der Waals surface area contributed by atoms with Crippen molar-refractivity contribution in [1.29, 1.82) is 0 Å². The Morgan fingerprint density at radius 3 is 2.47 bits per heavy atom. The van der Waals surface area contributed by atoms with E-state index in [1.165, 1.54) is 0 Å². The van der Waals surface area contributed by atoms with Crippen LogP contribution < -0.4 is 5.73 Å². The number of ether oxygens (including phenoxy) is 1. The highest BCUT2D eigenvalue weighted by Crippen LogP contribution is 1.97. The van der Waals surface area contributed by atoms with Crippen molar-refractivity contribution in [3.8, 4) is 0 Å². The maximum atomic E-state index is 11.2. The molecule has 0 rings (SSSR count). The van der Waals surface area contributed by atoms with E-state index in [4.69, 9.17) is 17.3 Å². The van der Waals surface area contributed by atoms with Gasteiger partial charge in [0.05, 0.1) is 18.1 Å². The van der Waals surface area contributed by atoms with Gasteiger partial charge in [-0.2, -0.15) is 0 Å². The number of alkyl halides is 1. The smallest absolute Gasteiger partial charge is 0.323 e. The van der Waals surface area contributed by atoms with Gasteiger partial charge in [-0.25, -0.2) is 8.42 Å². The summed E-state index contributed by atoms with van der Waals surface area (Å²) in [7, 11) is -3.35. The monoisotopic (exact) mass is 279 g/mol. The van der Waals surface area contributed by atoms with E-state index in [1.54, 1.807) is 6.92 Å². The molecule has 0 aliphatic heterocycles. The van der Waals surface area contributed by atoms with Crippen LogP contribution in [0.3, 0.4) is 0 Å². The van der Waals surface area contributed by atoms with Crippen LogP contribution in [0.5, 0.6) is 0 Å². The first-order chi connectivity index (χ1) is 6.43. The van der Waals surface area contributed by atoms with Crippen LogP contribution in [0.1, 0.15) is 6.92 Å². The van der Waals surface area contributed by atoms with Crippen LogP contribution >= 0.6 is 24.0 Å². The van der Waals surface area contributed by atoms with Crippen LogP contribution in [0.25, 0.3) is 0 Å². The molecule has 0 aliphatic carbocycles. The minimum Gasteiger partial charge on any atom is -0.465 e. The molecule has 0 spiro atoms. The Hall–Kier alpha value is -0.0400. The molecule has 0 aromatic carbocycles. The second kappa shape index (κ2) is 8.15. The van der Waals surface area contributed by atoms with Gasteiger partial charge in [0, 0.05) is 5.88 Å². The first kappa shape index (κ1) is 17.4. The molecule has 5 nitrogen and oxygen atoms in total. The molecule has 0 fully saturated rings. The van der Waals surface area contributed by atoms with Crippen molar-refractivity contribution in [1.82, 2.24) is 0 Å². The number of nitrogens with two attached hydrogens (primary N) is 1. The van der Waals surface area contributed by atoms with Crippen LogP contribution in [-0.2, 0) is 19.4 Å². The normalized spacial score (nSPS) is 12.7. The van der Waals surface area contributed by atoms with E-state index in [9.17, 15) is 13.2 Å². The summed E-state index contributed by atoms with van der Waals surface area (Å²) in [4.78, 5) is 11.0. The topological polar surface area (TPSA) is 86.5 Å². The predicted octanol–water partition coefficient (Wildman–Crippen LogP) is -0.0478. The standard InChI is InChI=1S/C7H14ClNO4S.ClH/c1-2-13-7(10)6(9)5-14(11,12)4-3-8;/h6H,2-5,9H2,1H3;1H. The summed E-state index contributed by atoms with van der Waals surface area (Å²) < 4.78 is 26.9. The van der Waals surface area contributed by atoms with Crippen LogP contribution in [0.2, 0.25) is 0 Å². The molecular formula is C7H15Cl2NO4S. The Labute approximate surface area is 101 Å². The van der Waals surface area contributed by atoms with Gasteiger partial charge in [-0.3, -0.25) is 4.79 Å². The van der Waals surface area contributed by atoms with E-state index in [-0.39, 0.29) is 30.6 Å². The molecule has 1 unspecified atom stereocenters. The number of esters is 1. The Kier molecular flexibility index (Phi) is 9.43. The van der Waals surface area contributed by atoms with E-state index in [0.29, 0.717) is 0 Å². The molecule has 2 N–H and O–H groups in total. The average Bonchev–Trinajstić information content (AvgIpc) is 2.03. The number of hydrogen-bond acceptors (Lipinski definition) is 5. The quantitative estimate of drug-likeness (QED) is 0.544. The molecule has 92 valence electrons. The third kappa shape index (κ3) is 7.84. The van der Waals surface area contributed by atoms with Crippen LogP contribution in [0, 0.1) is 0 Å². The highest BCUT2D eigenvalue weighted by atomic mass is 35.5.